The molecule has 17 heavy (non-hydrogen) atoms. The zero-order valence-corrected chi connectivity index (χ0v) is 12.4. The van der Waals surface area contributed by atoms with Crippen LogP contribution in [0.15, 0.2) is 6.20 Å². The summed E-state index contributed by atoms with van der Waals surface area (Å²) >= 11 is 0. The van der Waals surface area contributed by atoms with Crippen LogP contribution in [-0.2, 0) is 24.8 Å². The van der Waals surface area contributed by atoms with Crippen LogP contribution < -0.4 is 4.57 Å². The summed E-state index contributed by atoms with van der Waals surface area (Å²) in [5.41, 5.74) is 1.32. The molecule has 0 aromatic carbocycles. The maximum atomic E-state index is 8.68. The van der Waals surface area contributed by atoms with E-state index < -0.39 is 8.07 Å². The molecule has 0 saturated heterocycles. The van der Waals surface area contributed by atoms with E-state index in [4.69, 9.17) is 10.00 Å². The Morgan fingerprint density at radius 3 is 2.71 bits per heavy atom. The molecular formula is C12H22N3OSi+. The molecule has 4 nitrogen and oxygen atoms in total. The number of nitrogens with zero attached hydrogens (tertiary/aromatic N) is 2. The van der Waals surface area contributed by atoms with Gasteiger partial charge in [-0.15, -0.1) is 0 Å². The van der Waals surface area contributed by atoms with Crippen LogP contribution in [0.5, 0.6) is 0 Å². The standard InChI is InChI=1S/C12H21N3OSi/c1-10(17(3,4)5)16-9-12-14-8-11(6-7-13)15(12)2/h8,10H,6,9H2,1-5H3/p+1. The Labute approximate surface area is 104 Å². The summed E-state index contributed by atoms with van der Waals surface area (Å²) in [5, 5.41) is 8.68. The molecule has 1 aromatic heterocycles. The molecule has 1 rings (SSSR count). The Hall–Kier alpha value is -1.12. The smallest absolute Gasteiger partial charge is 0.280 e. The number of aromatic nitrogens is 2. The third kappa shape index (κ3) is 3.68. The molecule has 0 aliphatic heterocycles. The number of hydrogen-bond donors (Lipinski definition) is 1. The van der Waals surface area contributed by atoms with E-state index in [0.29, 0.717) is 18.8 Å². The van der Waals surface area contributed by atoms with Gasteiger partial charge in [0, 0.05) is 5.73 Å². The molecule has 0 spiro atoms. The van der Waals surface area contributed by atoms with Crippen molar-refractivity contribution in [3.8, 4) is 6.07 Å². The number of rotatable bonds is 5. The lowest BCUT2D eigenvalue weighted by Gasteiger charge is -2.24. The minimum atomic E-state index is -1.24. The highest BCUT2D eigenvalue weighted by Crippen LogP contribution is 2.12. The molecule has 0 aliphatic carbocycles. The zero-order chi connectivity index (χ0) is 13.1. The Morgan fingerprint density at radius 1 is 1.53 bits per heavy atom. The average Bonchev–Trinajstić information content (AvgIpc) is 2.56. The zero-order valence-electron chi connectivity index (χ0n) is 11.4. The summed E-state index contributed by atoms with van der Waals surface area (Å²) in [4.78, 5) is 3.17. The molecule has 1 N–H and O–H groups in total. The Bertz CT molecular complexity index is 414. The lowest BCUT2D eigenvalue weighted by atomic mass is 10.3. The molecule has 1 atom stereocenters. The second-order valence-electron chi connectivity index (χ2n) is 5.44. The molecule has 1 aromatic rings. The molecule has 1 heterocycles. The van der Waals surface area contributed by atoms with Gasteiger partial charge in [-0.25, -0.2) is 9.55 Å². The van der Waals surface area contributed by atoms with E-state index in [1.54, 1.807) is 0 Å². The third-order valence-corrected chi connectivity index (χ3v) is 5.80. The second-order valence-corrected chi connectivity index (χ2v) is 11.0. The number of H-pyrrole nitrogens is 1. The van der Waals surface area contributed by atoms with E-state index >= 15 is 0 Å². The van der Waals surface area contributed by atoms with Gasteiger partial charge in [-0.3, -0.25) is 0 Å². The van der Waals surface area contributed by atoms with Gasteiger partial charge in [0.05, 0.1) is 21.2 Å². The molecule has 5 heteroatoms. The molecular weight excluding hydrogens is 230 g/mol. The highest BCUT2D eigenvalue weighted by atomic mass is 28.3. The number of nitrogens with one attached hydrogen (secondary N) is 1. The fourth-order valence-corrected chi connectivity index (χ4v) is 1.96. The highest BCUT2D eigenvalue weighted by Gasteiger charge is 2.24. The number of ether oxygens (including phenoxy) is 1. The van der Waals surface area contributed by atoms with Gasteiger partial charge in [0.2, 0.25) is 0 Å². The van der Waals surface area contributed by atoms with Crippen LogP contribution in [0.2, 0.25) is 19.6 Å². The van der Waals surface area contributed by atoms with Gasteiger partial charge in [-0.2, -0.15) is 5.26 Å². The number of aromatic amines is 1. The van der Waals surface area contributed by atoms with Gasteiger partial charge in [-0.05, 0) is 6.92 Å². The molecule has 0 aliphatic rings. The number of nitriles is 1. The lowest BCUT2D eigenvalue weighted by molar-refractivity contribution is -0.686. The maximum absolute atomic E-state index is 8.68. The quantitative estimate of drug-likeness (QED) is 0.640. The van der Waals surface area contributed by atoms with Crippen molar-refractivity contribution < 1.29 is 9.30 Å². The monoisotopic (exact) mass is 252 g/mol. The maximum Gasteiger partial charge on any atom is 0.280 e. The van der Waals surface area contributed by atoms with Crippen LogP contribution in [0.1, 0.15) is 18.4 Å². The fourth-order valence-electron chi connectivity index (χ4n) is 1.38. The summed E-state index contributed by atoms with van der Waals surface area (Å²) < 4.78 is 7.89. The molecule has 0 bridgehead atoms. The summed E-state index contributed by atoms with van der Waals surface area (Å²) in [5.74, 6) is 1.01. The van der Waals surface area contributed by atoms with Crippen molar-refractivity contribution in [3.05, 3.63) is 17.7 Å². The van der Waals surface area contributed by atoms with Crippen molar-refractivity contribution in [1.29, 1.82) is 5.26 Å². The third-order valence-electron chi connectivity index (χ3n) is 3.19. The van der Waals surface area contributed by atoms with Crippen molar-refractivity contribution in [1.82, 2.24) is 4.98 Å². The van der Waals surface area contributed by atoms with E-state index in [-0.39, 0.29) is 0 Å². The Morgan fingerprint density at radius 2 is 2.18 bits per heavy atom. The first-order valence-electron chi connectivity index (χ1n) is 5.90. The minimum absolute atomic E-state index is 0.324. The second kappa shape index (κ2) is 5.47. The summed E-state index contributed by atoms with van der Waals surface area (Å²) in [6.07, 6.45) is 2.30. The predicted molar refractivity (Wildman–Crippen MR) is 68.9 cm³/mol. The largest absolute Gasteiger partial charge is 0.369 e. The van der Waals surface area contributed by atoms with Gasteiger partial charge >= 0.3 is 0 Å². The minimum Gasteiger partial charge on any atom is -0.369 e. The first-order valence-corrected chi connectivity index (χ1v) is 9.47. The van der Waals surface area contributed by atoms with Gasteiger partial charge in [0.25, 0.3) is 5.82 Å². The first-order chi connectivity index (χ1) is 7.86. The Kier molecular flexibility index (Phi) is 4.49. The summed E-state index contributed by atoms with van der Waals surface area (Å²) in [7, 11) is 0.721. The van der Waals surface area contributed by atoms with Crippen LogP contribution in [0.25, 0.3) is 0 Å². The SMILES string of the molecule is CC(OCc1[nH]cc(CC#N)[n+]1C)[Si](C)(C)C. The summed E-state index contributed by atoms with van der Waals surface area (Å²) in [6.45, 7) is 9.62. The van der Waals surface area contributed by atoms with Crippen LogP contribution in [0.4, 0.5) is 0 Å². The van der Waals surface area contributed by atoms with E-state index in [0.717, 1.165) is 11.5 Å². The summed E-state index contributed by atoms with van der Waals surface area (Å²) in [6, 6.07) is 2.15. The van der Waals surface area contributed by atoms with Gasteiger partial charge < -0.3 is 4.74 Å². The van der Waals surface area contributed by atoms with Crippen molar-refractivity contribution in [2.75, 3.05) is 0 Å². The van der Waals surface area contributed by atoms with Crippen molar-refractivity contribution >= 4 is 8.07 Å². The number of imidazole rings is 1. The normalized spacial score (nSPS) is 13.4. The van der Waals surface area contributed by atoms with Crippen LogP contribution in [0, 0.1) is 11.3 Å². The van der Waals surface area contributed by atoms with Crippen molar-refractivity contribution in [2.24, 2.45) is 7.05 Å². The van der Waals surface area contributed by atoms with Crippen LogP contribution in [0.3, 0.4) is 0 Å². The molecule has 0 amide bonds. The molecule has 0 saturated carbocycles. The van der Waals surface area contributed by atoms with E-state index in [2.05, 4.69) is 37.6 Å². The van der Waals surface area contributed by atoms with Crippen molar-refractivity contribution in [2.45, 2.75) is 45.3 Å². The van der Waals surface area contributed by atoms with Gasteiger partial charge in [0.1, 0.15) is 19.2 Å². The lowest BCUT2D eigenvalue weighted by Crippen LogP contribution is -2.40. The fraction of sp³-hybridized carbons (Fsp3) is 0.667. The van der Waals surface area contributed by atoms with Crippen LogP contribution >= 0.6 is 0 Å². The molecule has 1 unspecified atom stereocenters. The molecule has 0 radical (unpaired) electrons. The van der Waals surface area contributed by atoms with E-state index in [9.17, 15) is 0 Å². The van der Waals surface area contributed by atoms with Crippen molar-refractivity contribution in [3.63, 3.8) is 0 Å². The van der Waals surface area contributed by atoms with Gasteiger partial charge in [-0.1, -0.05) is 19.6 Å². The number of hydrogen-bond acceptors (Lipinski definition) is 2. The average molecular weight is 252 g/mol. The topological polar surface area (TPSA) is 52.7 Å². The van der Waals surface area contributed by atoms with Gasteiger partial charge in [0.15, 0.2) is 5.69 Å². The van der Waals surface area contributed by atoms with E-state index in [1.807, 2.05) is 17.8 Å². The predicted octanol–water partition coefficient (Wildman–Crippen LogP) is 1.69. The Balaban J connectivity index is 2.62. The first kappa shape index (κ1) is 13.9. The molecule has 0 fully saturated rings. The van der Waals surface area contributed by atoms with E-state index in [1.165, 1.54) is 0 Å². The highest BCUT2D eigenvalue weighted by molar-refractivity contribution is 6.77. The van der Waals surface area contributed by atoms with Crippen LogP contribution in [-0.4, -0.2) is 18.8 Å². The molecule has 94 valence electrons.